The molecule has 4 heteroatoms. The summed E-state index contributed by atoms with van der Waals surface area (Å²) in [4.78, 5) is 12.1. The monoisotopic (exact) mass is 285 g/mol. The molecule has 0 heterocycles. The van der Waals surface area contributed by atoms with Crippen LogP contribution in [0.2, 0.25) is 0 Å². The quantitative estimate of drug-likeness (QED) is 0.918. The minimum Gasteiger partial charge on any atom is -0.497 e. The van der Waals surface area contributed by atoms with Crippen molar-refractivity contribution in [3.05, 3.63) is 59.2 Å². The largest absolute Gasteiger partial charge is 0.497 e. The number of aryl methyl sites for hydroxylation is 1. The van der Waals surface area contributed by atoms with Gasteiger partial charge in [0.25, 0.3) is 5.91 Å². The van der Waals surface area contributed by atoms with Crippen molar-refractivity contribution < 1.29 is 14.3 Å². The van der Waals surface area contributed by atoms with Crippen LogP contribution in [-0.2, 0) is 6.54 Å². The first-order valence-corrected chi connectivity index (χ1v) is 6.70. The maximum absolute atomic E-state index is 12.1. The zero-order valence-corrected chi connectivity index (χ0v) is 12.5. The van der Waals surface area contributed by atoms with Crippen molar-refractivity contribution >= 4 is 5.91 Å². The molecule has 0 aliphatic carbocycles. The lowest BCUT2D eigenvalue weighted by molar-refractivity contribution is 0.0950. The van der Waals surface area contributed by atoms with Gasteiger partial charge in [-0.25, -0.2) is 0 Å². The molecule has 0 saturated carbocycles. The Morgan fingerprint density at radius 1 is 1.05 bits per heavy atom. The number of ether oxygens (including phenoxy) is 2. The molecule has 0 atom stereocenters. The zero-order valence-electron chi connectivity index (χ0n) is 12.5. The second kappa shape index (κ2) is 6.79. The van der Waals surface area contributed by atoms with Gasteiger partial charge < -0.3 is 14.8 Å². The van der Waals surface area contributed by atoms with Crippen LogP contribution in [0, 0.1) is 6.92 Å². The van der Waals surface area contributed by atoms with E-state index in [1.54, 1.807) is 14.2 Å². The van der Waals surface area contributed by atoms with E-state index in [0.717, 1.165) is 22.6 Å². The van der Waals surface area contributed by atoms with Gasteiger partial charge in [0, 0.05) is 17.7 Å². The van der Waals surface area contributed by atoms with Gasteiger partial charge in [-0.3, -0.25) is 4.79 Å². The van der Waals surface area contributed by atoms with Gasteiger partial charge >= 0.3 is 0 Å². The summed E-state index contributed by atoms with van der Waals surface area (Å²) in [6, 6.07) is 13.0. The Bertz CT molecular complexity index is 620. The maximum atomic E-state index is 12.1. The molecule has 2 aromatic rings. The summed E-state index contributed by atoms with van der Waals surface area (Å²) in [5, 5.41) is 2.89. The summed E-state index contributed by atoms with van der Waals surface area (Å²) >= 11 is 0. The standard InChI is InChI=1S/C17H19NO3/c1-12-4-6-13(7-5-12)17(19)18-11-14-10-15(20-2)8-9-16(14)21-3/h4-10H,11H2,1-3H3,(H,18,19). The molecule has 110 valence electrons. The van der Waals surface area contributed by atoms with Crippen molar-refractivity contribution in [2.75, 3.05) is 14.2 Å². The molecule has 0 unspecified atom stereocenters. The molecule has 0 aromatic heterocycles. The van der Waals surface area contributed by atoms with Crippen molar-refractivity contribution in [2.45, 2.75) is 13.5 Å². The van der Waals surface area contributed by atoms with Gasteiger partial charge in [0.15, 0.2) is 0 Å². The molecular weight excluding hydrogens is 266 g/mol. The Balaban J connectivity index is 2.08. The van der Waals surface area contributed by atoms with Gasteiger partial charge in [0.2, 0.25) is 0 Å². The molecule has 0 spiro atoms. The number of carbonyl (C=O) groups excluding carboxylic acids is 1. The topological polar surface area (TPSA) is 47.6 Å². The summed E-state index contributed by atoms with van der Waals surface area (Å²) < 4.78 is 10.5. The lowest BCUT2D eigenvalue weighted by Crippen LogP contribution is -2.23. The highest BCUT2D eigenvalue weighted by atomic mass is 16.5. The minimum absolute atomic E-state index is 0.111. The summed E-state index contributed by atoms with van der Waals surface area (Å²) in [5.41, 5.74) is 2.64. The van der Waals surface area contributed by atoms with Crippen molar-refractivity contribution in [3.63, 3.8) is 0 Å². The first-order chi connectivity index (χ1) is 10.1. The van der Waals surface area contributed by atoms with Gasteiger partial charge in [-0.1, -0.05) is 17.7 Å². The number of hydrogen-bond acceptors (Lipinski definition) is 3. The molecule has 0 aliphatic rings. The van der Waals surface area contributed by atoms with Crippen molar-refractivity contribution in [3.8, 4) is 11.5 Å². The predicted molar refractivity (Wildman–Crippen MR) is 81.9 cm³/mol. The maximum Gasteiger partial charge on any atom is 0.251 e. The van der Waals surface area contributed by atoms with Crippen molar-refractivity contribution in [1.29, 1.82) is 0 Å². The fraction of sp³-hybridized carbons (Fsp3) is 0.235. The second-order valence-corrected chi connectivity index (χ2v) is 4.73. The van der Waals surface area contributed by atoms with Gasteiger partial charge in [-0.05, 0) is 37.3 Å². The number of hydrogen-bond donors (Lipinski definition) is 1. The fourth-order valence-corrected chi connectivity index (χ4v) is 2.00. The summed E-state index contributed by atoms with van der Waals surface area (Å²) in [6.07, 6.45) is 0. The molecule has 0 radical (unpaired) electrons. The summed E-state index contributed by atoms with van der Waals surface area (Å²) in [5.74, 6) is 1.34. The summed E-state index contributed by atoms with van der Waals surface area (Å²) in [6.45, 7) is 2.37. The number of amides is 1. The van der Waals surface area contributed by atoms with Gasteiger partial charge in [0.05, 0.1) is 14.2 Å². The highest BCUT2D eigenvalue weighted by Gasteiger charge is 2.08. The molecule has 0 saturated heterocycles. The third-order valence-electron chi connectivity index (χ3n) is 3.24. The lowest BCUT2D eigenvalue weighted by atomic mass is 10.1. The molecule has 0 aliphatic heterocycles. The number of methoxy groups -OCH3 is 2. The van der Waals surface area contributed by atoms with E-state index in [0.29, 0.717) is 12.1 Å². The van der Waals surface area contributed by atoms with Crippen LogP contribution in [0.3, 0.4) is 0 Å². The molecular formula is C17H19NO3. The molecule has 2 aromatic carbocycles. The van der Waals surface area contributed by atoms with E-state index in [1.165, 1.54) is 0 Å². The normalized spacial score (nSPS) is 10.0. The highest BCUT2D eigenvalue weighted by molar-refractivity contribution is 5.94. The predicted octanol–water partition coefficient (Wildman–Crippen LogP) is 2.94. The minimum atomic E-state index is -0.111. The van der Waals surface area contributed by atoms with Crippen LogP contribution in [0.25, 0.3) is 0 Å². The van der Waals surface area contributed by atoms with Crippen LogP contribution in [0.4, 0.5) is 0 Å². The average molecular weight is 285 g/mol. The van der Waals surface area contributed by atoms with Gasteiger partial charge in [-0.2, -0.15) is 0 Å². The van der Waals surface area contributed by atoms with E-state index in [1.807, 2.05) is 49.4 Å². The van der Waals surface area contributed by atoms with Crippen molar-refractivity contribution in [2.24, 2.45) is 0 Å². The van der Waals surface area contributed by atoms with Gasteiger partial charge in [0.1, 0.15) is 11.5 Å². The smallest absolute Gasteiger partial charge is 0.251 e. The number of carbonyl (C=O) groups is 1. The van der Waals surface area contributed by atoms with Crippen LogP contribution in [0.5, 0.6) is 11.5 Å². The van der Waals surface area contributed by atoms with Crippen LogP contribution >= 0.6 is 0 Å². The third-order valence-corrected chi connectivity index (χ3v) is 3.24. The molecule has 0 fully saturated rings. The Morgan fingerprint density at radius 2 is 1.76 bits per heavy atom. The van der Waals surface area contributed by atoms with Gasteiger partial charge in [-0.15, -0.1) is 0 Å². The van der Waals surface area contributed by atoms with E-state index < -0.39 is 0 Å². The Hall–Kier alpha value is -2.49. The van der Waals surface area contributed by atoms with Crippen molar-refractivity contribution in [1.82, 2.24) is 5.32 Å². The average Bonchev–Trinajstić information content (AvgIpc) is 2.52. The number of nitrogens with one attached hydrogen (secondary N) is 1. The van der Waals surface area contributed by atoms with E-state index >= 15 is 0 Å². The Kier molecular flexibility index (Phi) is 4.82. The molecule has 21 heavy (non-hydrogen) atoms. The van der Waals surface area contributed by atoms with E-state index in [-0.39, 0.29) is 5.91 Å². The first kappa shape index (κ1) is 14.9. The van der Waals surface area contributed by atoms with Crippen LogP contribution in [0.1, 0.15) is 21.5 Å². The van der Waals surface area contributed by atoms with Crippen LogP contribution < -0.4 is 14.8 Å². The Morgan fingerprint density at radius 3 is 2.38 bits per heavy atom. The first-order valence-electron chi connectivity index (χ1n) is 6.70. The van der Waals surface area contributed by atoms with E-state index in [2.05, 4.69) is 5.32 Å². The lowest BCUT2D eigenvalue weighted by Gasteiger charge is -2.11. The number of rotatable bonds is 5. The second-order valence-electron chi connectivity index (χ2n) is 4.73. The molecule has 4 nitrogen and oxygen atoms in total. The molecule has 2 rings (SSSR count). The zero-order chi connectivity index (χ0) is 15.2. The van der Waals surface area contributed by atoms with E-state index in [9.17, 15) is 4.79 Å². The molecule has 0 bridgehead atoms. The molecule has 1 N–H and O–H groups in total. The van der Waals surface area contributed by atoms with Crippen LogP contribution in [0.15, 0.2) is 42.5 Å². The number of benzene rings is 2. The van der Waals surface area contributed by atoms with Crippen LogP contribution in [-0.4, -0.2) is 20.1 Å². The SMILES string of the molecule is COc1ccc(OC)c(CNC(=O)c2ccc(C)cc2)c1. The fourth-order valence-electron chi connectivity index (χ4n) is 2.00. The summed E-state index contributed by atoms with van der Waals surface area (Å²) in [7, 11) is 3.21. The third kappa shape index (κ3) is 3.75. The molecule has 1 amide bonds. The Labute approximate surface area is 124 Å². The highest BCUT2D eigenvalue weighted by Crippen LogP contribution is 2.23. The van der Waals surface area contributed by atoms with E-state index in [4.69, 9.17) is 9.47 Å².